The van der Waals surface area contributed by atoms with E-state index in [1.807, 2.05) is 30.3 Å². The molecule has 0 radical (unpaired) electrons. The highest BCUT2D eigenvalue weighted by atomic mass is 32.1. The van der Waals surface area contributed by atoms with Crippen molar-refractivity contribution in [1.82, 2.24) is 5.32 Å². The molecule has 3 aromatic rings. The third-order valence-corrected chi connectivity index (χ3v) is 5.97. The lowest BCUT2D eigenvalue weighted by Crippen LogP contribution is -2.21. The molecule has 5 nitrogen and oxygen atoms in total. The minimum absolute atomic E-state index is 0.0589. The average Bonchev–Trinajstić information content (AvgIpc) is 3.43. The summed E-state index contributed by atoms with van der Waals surface area (Å²) in [7, 11) is 0. The molecular formula is C21H18N2O3S. The minimum Gasteiger partial charge on any atom is -0.454 e. The van der Waals surface area contributed by atoms with Crippen LogP contribution in [0.3, 0.4) is 0 Å². The van der Waals surface area contributed by atoms with Crippen LogP contribution in [0.1, 0.15) is 20.8 Å². The topological polar surface area (TPSA) is 50.8 Å². The van der Waals surface area contributed by atoms with E-state index >= 15 is 0 Å². The lowest BCUT2D eigenvalue weighted by Gasteiger charge is -2.16. The molecule has 6 heteroatoms. The number of carbonyl (C=O) groups is 1. The Hall–Kier alpha value is -2.99. The third-order valence-electron chi connectivity index (χ3n) is 4.86. The van der Waals surface area contributed by atoms with Crippen molar-refractivity contribution in [2.75, 3.05) is 18.2 Å². The van der Waals surface area contributed by atoms with E-state index in [-0.39, 0.29) is 12.7 Å². The van der Waals surface area contributed by atoms with Crippen LogP contribution in [0.4, 0.5) is 10.7 Å². The van der Waals surface area contributed by atoms with Gasteiger partial charge in [-0.05, 0) is 47.9 Å². The van der Waals surface area contributed by atoms with E-state index in [1.54, 1.807) is 0 Å². The van der Waals surface area contributed by atoms with Crippen molar-refractivity contribution >= 4 is 27.9 Å². The molecule has 27 heavy (non-hydrogen) atoms. The fourth-order valence-electron chi connectivity index (χ4n) is 3.48. The van der Waals surface area contributed by atoms with Gasteiger partial charge < -0.3 is 19.7 Å². The first-order valence-corrected chi connectivity index (χ1v) is 9.71. The summed E-state index contributed by atoms with van der Waals surface area (Å²) < 4.78 is 10.7. The van der Waals surface area contributed by atoms with Gasteiger partial charge in [-0.2, -0.15) is 0 Å². The van der Waals surface area contributed by atoms with Crippen molar-refractivity contribution in [2.45, 2.75) is 13.0 Å². The van der Waals surface area contributed by atoms with E-state index in [0.717, 1.165) is 39.9 Å². The van der Waals surface area contributed by atoms with Crippen LogP contribution in [0.15, 0.2) is 54.6 Å². The zero-order valence-corrected chi connectivity index (χ0v) is 15.4. The van der Waals surface area contributed by atoms with Gasteiger partial charge in [0.2, 0.25) is 6.79 Å². The Bertz CT molecular complexity index is 1010. The maximum atomic E-state index is 12.6. The number of rotatable bonds is 4. The molecule has 5 rings (SSSR count). The van der Waals surface area contributed by atoms with Crippen LogP contribution in [0.25, 0.3) is 0 Å². The molecule has 1 aromatic heterocycles. The van der Waals surface area contributed by atoms with Gasteiger partial charge in [-0.1, -0.05) is 24.3 Å². The fourth-order valence-corrected chi connectivity index (χ4v) is 4.44. The number of benzene rings is 2. The standard InChI is InChI=1S/C21H18N2O3S/c24-21(22-12-14-5-6-17-18(11-14)26-13-25-17)19-7-8-20(27-19)23-10-9-15-3-1-2-4-16(15)23/h1-8,11H,9-10,12-13H2,(H,22,24). The Kier molecular flexibility index (Phi) is 3.98. The molecule has 0 fully saturated rings. The Morgan fingerprint density at radius 3 is 2.93 bits per heavy atom. The molecule has 0 atom stereocenters. The molecule has 2 aliphatic heterocycles. The van der Waals surface area contributed by atoms with E-state index in [4.69, 9.17) is 9.47 Å². The van der Waals surface area contributed by atoms with Crippen LogP contribution in [-0.4, -0.2) is 19.2 Å². The summed E-state index contributed by atoms with van der Waals surface area (Å²) in [6.07, 6.45) is 1.04. The van der Waals surface area contributed by atoms with Gasteiger partial charge in [0.15, 0.2) is 11.5 Å². The van der Waals surface area contributed by atoms with Crippen LogP contribution in [0.5, 0.6) is 11.5 Å². The summed E-state index contributed by atoms with van der Waals surface area (Å²) >= 11 is 1.53. The van der Waals surface area contributed by atoms with Crippen LogP contribution < -0.4 is 19.7 Å². The Morgan fingerprint density at radius 1 is 1.07 bits per heavy atom. The average molecular weight is 378 g/mol. The SMILES string of the molecule is O=C(NCc1ccc2c(c1)OCO2)c1ccc(N2CCc3ccccc32)s1. The number of anilines is 2. The number of para-hydroxylation sites is 1. The van der Waals surface area contributed by atoms with Crippen molar-refractivity contribution in [3.63, 3.8) is 0 Å². The Morgan fingerprint density at radius 2 is 1.96 bits per heavy atom. The molecule has 3 heterocycles. The monoisotopic (exact) mass is 378 g/mol. The number of ether oxygens (including phenoxy) is 2. The van der Waals surface area contributed by atoms with Crippen molar-refractivity contribution in [3.05, 3.63) is 70.6 Å². The molecule has 0 saturated carbocycles. The Labute approximate surface area is 161 Å². The summed E-state index contributed by atoms with van der Waals surface area (Å²) in [5.41, 5.74) is 3.59. The first kappa shape index (κ1) is 16.2. The molecule has 0 spiro atoms. The summed E-state index contributed by atoms with van der Waals surface area (Å²) in [6.45, 7) is 1.66. The van der Waals surface area contributed by atoms with E-state index in [9.17, 15) is 4.79 Å². The number of hydrogen-bond donors (Lipinski definition) is 1. The maximum absolute atomic E-state index is 12.6. The maximum Gasteiger partial charge on any atom is 0.261 e. The van der Waals surface area contributed by atoms with Gasteiger partial charge >= 0.3 is 0 Å². The predicted molar refractivity (Wildman–Crippen MR) is 105 cm³/mol. The number of nitrogens with zero attached hydrogens (tertiary/aromatic N) is 1. The first-order valence-electron chi connectivity index (χ1n) is 8.90. The van der Waals surface area contributed by atoms with E-state index in [2.05, 4.69) is 34.5 Å². The zero-order valence-electron chi connectivity index (χ0n) is 14.6. The number of thiophene rings is 1. The molecule has 0 bridgehead atoms. The fraction of sp³-hybridized carbons (Fsp3) is 0.190. The minimum atomic E-state index is -0.0589. The van der Waals surface area contributed by atoms with Crippen molar-refractivity contribution < 1.29 is 14.3 Å². The molecule has 1 N–H and O–H groups in total. The van der Waals surface area contributed by atoms with Gasteiger partial charge in [0.25, 0.3) is 5.91 Å². The van der Waals surface area contributed by atoms with Crippen LogP contribution in [0, 0.1) is 0 Å². The smallest absolute Gasteiger partial charge is 0.261 e. The molecule has 2 aliphatic rings. The lowest BCUT2D eigenvalue weighted by molar-refractivity contribution is 0.0955. The molecule has 1 amide bonds. The molecule has 2 aromatic carbocycles. The number of carbonyl (C=O) groups excluding carboxylic acids is 1. The first-order chi connectivity index (χ1) is 13.3. The van der Waals surface area contributed by atoms with E-state index in [0.29, 0.717) is 6.54 Å². The van der Waals surface area contributed by atoms with Crippen molar-refractivity contribution in [3.8, 4) is 11.5 Å². The lowest BCUT2D eigenvalue weighted by atomic mass is 10.2. The third kappa shape index (κ3) is 3.02. The van der Waals surface area contributed by atoms with Gasteiger partial charge in [-0.3, -0.25) is 4.79 Å². The Balaban J connectivity index is 1.27. The zero-order chi connectivity index (χ0) is 18.2. The van der Waals surface area contributed by atoms with Gasteiger partial charge in [0.1, 0.15) is 0 Å². The summed E-state index contributed by atoms with van der Waals surface area (Å²) in [5.74, 6) is 1.42. The number of fused-ring (bicyclic) bond motifs is 2. The van der Waals surface area contributed by atoms with Gasteiger partial charge in [0, 0.05) is 18.8 Å². The highest BCUT2D eigenvalue weighted by molar-refractivity contribution is 7.18. The van der Waals surface area contributed by atoms with Crippen LogP contribution >= 0.6 is 11.3 Å². The van der Waals surface area contributed by atoms with Crippen LogP contribution in [0.2, 0.25) is 0 Å². The van der Waals surface area contributed by atoms with Gasteiger partial charge in [0.05, 0.1) is 9.88 Å². The molecule has 0 aliphatic carbocycles. The number of nitrogens with one attached hydrogen (secondary N) is 1. The molecular weight excluding hydrogens is 360 g/mol. The second-order valence-electron chi connectivity index (χ2n) is 6.54. The molecule has 136 valence electrons. The second kappa shape index (κ2) is 6.63. The van der Waals surface area contributed by atoms with Crippen molar-refractivity contribution in [2.24, 2.45) is 0 Å². The highest BCUT2D eigenvalue weighted by Gasteiger charge is 2.22. The predicted octanol–water partition coefficient (Wildman–Crippen LogP) is 4.10. The van der Waals surface area contributed by atoms with Gasteiger partial charge in [-0.15, -0.1) is 11.3 Å². The van der Waals surface area contributed by atoms with E-state index in [1.165, 1.54) is 22.6 Å². The summed E-state index contributed by atoms with van der Waals surface area (Å²) in [6, 6.07) is 18.1. The highest BCUT2D eigenvalue weighted by Crippen LogP contribution is 2.38. The quantitative estimate of drug-likeness (QED) is 0.743. The van der Waals surface area contributed by atoms with E-state index < -0.39 is 0 Å². The molecule has 0 unspecified atom stereocenters. The summed E-state index contributed by atoms with van der Waals surface area (Å²) in [4.78, 5) is 15.6. The number of hydrogen-bond acceptors (Lipinski definition) is 5. The van der Waals surface area contributed by atoms with Crippen molar-refractivity contribution in [1.29, 1.82) is 0 Å². The van der Waals surface area contributed by atoms with Crippen LogP contribution in [-0.2, 0) is 13.0 Å². The summed E-state index contributed by atoms with van der Waals surface area (Å²) in [5, 5.41) is 4.09. The number of amides is 1. The molecule has 0 saturated heterocycles. The van der Waals surface area contributed by atoms with Gasteiger partial charge in [-0.25, -0.2) is 0 Å². The normalized spacial score (nSPS) is 14.3. The second-order valence-corrected chi connectivity index (χ2v) is 7.60. The largest absolute Gasteiger partial charge is 0.454 e.